The first-order valence-corrected chi connectivity index (χ1v) is 5.29. The summed E-state index contributed by atoms with van der Waals surface area (Å²) in [5.41, 5.74) is 3.40. The van der Waals surface area contributed by atoms with Crippen molar-refractivity contribution in [1.82, 2.24) is 10.2 Å². The number of rotatable bonds is 1. The maximum Gasteiger partial charge on any atom is 0.354 e. The van der Waals surface area contributed by atoms with E-state index in [4.69, 9.17) is 5.11 Å². The molecule has 1 aliphatic rings. The molecule has 0 saturated heterocycles. The van der Waals surface area contributed by atoms with Crippen molar-refractivity contribution in [3.63, 3.8) is 0 Å². The molecule has 0 atom stereocenters. The van der Waals surface area contributed by atoms with Crippen LogP contribution in [0.2, 0.25) is 0 Å². The van der Waals surface area contributed by atoms with Crippen LogP contribution in [0.5, 0.6) is 5.75 Å². The highest BCUT2D eigenvalue weighted by Crippen LogP contribution is 2.35. The van der Waals surface area contributed by atoms with Gasteiger partial charge in [0.1, 0.15) is 11.4 Å². The summed E-state index contributed by atoms with van der Waals surface area (Å²) < 4.78 is 0. The second kappa shape index (κ2) is 3.35. The van der Waals surface area contributed by atoms with Crippen molar-refractivity contribution in [3.8, 4) is 17.0 Å². The van der Waals surface area contributed by atoms with Gasteiger partial charge in [0.2, 0.25) is 0 Å². The number of phenolic OH excluding ortho intramolecular Hbond substituents is 1. The molecule has 1 aliphatic carbocycles. The summed E-state index contributed by atoms with van der Waals surface area (Å²) in [6, 6.07) is 5.11. The van der Waals surface area contributed by atoms with Crippen LogP contribution >= 0.6 is 0 Å². The highest BCUT2D eigenvalue weighted by atomic mass is 16.4. The average Bonchev–Trinajstić information content (AvgIpc) is 2.72. The van der Waals surface area contributed by atoms with E-state index in [-0.39, 0.29) is 11.4 Å². The number of hydrogen-bond acceptors (Lipinski definition) is 3. The Morgan fingerprint density at radius 1 is 1.35 bits per heavy atom. The molecule has 0 saturated carbocycles. The topological polar surface area (TPSA) is 86.2 Å². The fraction of sp³-hybridized carbons (Fsp3) is 0.167. The van der Waals surface area contributed by atoms with Gasteiger partial charge in [-0.2, -0.15) is 5.10 Å². The predicted octanol–water partition coefficient (Wildman–Crippen LogP) is 1.58. The van der Waals surface area contributed by atoms with E-state index < -0.39 is 5.97 Å². The van der Waals surface area contributed by atoms with E-state index in [9.17, 15) is 9.90 Å². The van der Waals surface area contributed by atoms with Crippen LogP contribution in [0.4, 0.5) is 0 Å². The van der Waals surface area contributed by atoms with Gasteiger partial charge in [-0.3, -0.25) is 5.10 Å². The van der Waals surface area contributed by atoms with Crippen molar-refractivity contribution in [1.29, 1.82) is 0 Å². The van der Waals surface area contributed by atoms with Gasteiger partial charge in [-0.1, -0.05) is 6.07 Å². The van der Waals surface area contributed by atoms with Crippen LogP contribution in [0, 0.1) is 0 Å². The second-order valence-corrected chi connectivity index (χ2v) is 4.07. The molecule has 5 heteroatoms. The number of hydrogen-bond donors (Lipinski definition) is 3. The Morgan fingerprint density at radius 3 is 2.94 bits per heavy atom. The van der Waals surface area contributed by atoms with Crippen LogP contribution in [0.25, 0.3) is 11.3 Å². The number of benzene rings is 1. The monoisotopic (exact) mass is 230 g/mol. The van der Waals surface area contributed by atoms with Crippen LogP contribution in [0.3, 0.4) is 0 Å². The molecule has 5 nitrogen and oxygen atoms in total. The summed E-state index contributed by atoms with van der Waals surface area (Å²) in [6.07, 6.45) is 1.42. The lowest BCUT2D eigenvalue weighted by Gasteiger charge is -2.15. The number of H-pyrrole nitrogens is 1. The number of carboxylic acids is 1. The number of aromatic nitrogens is 2. The van der Waals surface area contributed by atoms with E-state index >= 15 is 0 Å². The largest absolute Gasteiger partial charge is 0.508 e. The molecule has 0 radical (unpaired) electrons. The maximum absolute atomic E-state index is 11.0. The maximum atomic E-state index is 11.0. The quantitative estimate of drug-likeness (QED) is 0.694. The Morgan fingerprint density at radius 2 is 2.18 bits per heavy atom. The minimum atomic E-state index is -0.998. The first kappa shape index (κ1) is 9.89. The summed E-state index contributed by atoms with van der Waals surface area (Å²) in [7, 11) is 0. The molecule has 17 heavy (non-hydrogen) atoms. The van der Waals surface area contributed by atoms with Crippen LogP contribution in [-0.4, -0.2) is 26.4 Å². The van der Waals surface area contributed by atoms with Gasteiger partial charge in [-0.25, -0.2) is 4.79 Å². The first-order valence-electron chi connectivity index (χ1n) is 5.29. The first-order chi connectivity index (χ1) is 8.16. The van der Waals surface area contributed by atoms with Gasteiger partial charge in [0, 0.05) is 11.1 Å². The lowest BCUT2D eigenvalue weighted by Crippen LogP contribution is -2.07. The van der Waals surface area contributed by atoms with Crippen LogP contribution < -0.4 is 0 Å². The van der Waals surface area contributed by atoms with E-state index in [2.05, 4.69) is 10.2 Å². The molecule has 0 amide bonds. The standard InChI is InChI=1S/C12H10N2O3/c15-7-3-1-6-2-4-8-10(9(6)5-7)13-14-11(8)12(16)17/h1,3,5,15H,2,4H2,(H,13,14)(H,16,17). The fourth-order valence-corrected chi connectivity index (χ4v) is 2.27. The zero-order valence-corrected chi connectivity index (χ0v) is 8.90. The second-order valence-electron chi connectivity index (χ2n) is 4.07. The Labute approximate surface area is 96.7 Å². The minimum Gasteiger partial charge on any atom is -0.508 e. The number of nitrogens with zero attached hydrogens (tertiary/aromatic N) is 1. The summed E-state index contributed by atoms with van der Waals surface area (Å²) in [6.45, 7) is 0. The number of nitrogens with one attached hydrogen (secondary N) is 1. The normalized spacial score (nSPS) is 12.9. The van der Waals surface area contributed by atoms with Gasteiger partial charge >= 0.3 is 5.97 Å². The molecule has 1 aromatic carbocycles. The third kappa shape index (κ3) is 1.39. The molecule has 0 bridgehead atoms. The summed E-state index contributed by atoms with van der Waals surface area (Å²) in [5.74, 6) is -0.834. The molecule has 0 unspecified atom stereocenters. The van der Waals surface area contributed by atoms with Gasteiger partial charge in [0.05, 0.1) is 5.69 Å². The van der Waals surface area contributed by atoms with Crippen molar-refractivity contribution in [3.05, 3.63) is 35.0 Å². The molecule has 1 heterocycles. The van der Waals surface area contributed by atoms with Crippen LogP contribution in [-0.2, 0) is 12.8 Å². The lowest BCUT2D eigenvalue weighted by molar-refractivity contribution is 0.0689. The molecule has 3 N–H and O–H groups in total. The molecule has 1 aromatic heterocycles. The molecule has 0 aliphatic heterocycles. The molecular formula is C12H10N2O3. The fourth-order valence-electron chi connectivity index (χ4n) is 2.27. The van der Waals surface area contributed by atoms with Gasteiger partial charge in [0.15, 0.2) is 0 Å². The number of fused-ring (bicyclic) bond motifs is 3. The van der Waals surface area contributed by atoms with Crippen LogP contribution in [0.15, 0.2) is 18.2 Å². The summed E-state index contributed by atoms with van der Waals surface area (Å²) >= 11 is 0. The number of aromatic carboxylic acids is 1. The average molecular weight is 230 g/mol. The smallest absolute Gasteiger partial charge is 0.354 e. The van der Waals surface area contributed by atoms with Crippen molar-refractivity contribution < 1.29 is 15.0 Å². The molecule has 0 fully saturated rings. The predicted molar refractivity (Wildman–Crippen MR) is 60.1 cm³/mol. The zero-order valence-electron chi connectivity index (χ0n) is 8.90. The highest BCUT2D eigenvalue weighted by Gasteiger charge is 2.25. The van der Waals surface area contributed by atoms with Crippen LogP contribution in [0.1, 0.15) is 21.6 Å². The van der Waals surface area contributed by atoms with Gasteiger partial charge in [0.25, 0.3) is 0 Å². The van der Waals surface area contributed by atoms with E-state index in [0.29, 0.717) is 12.1 Å². The zero-order chi connectivity index (χ0) is 12.0. The van der Waals surface area contributed by atoms with Gasteiger partial charge in [-0.15, -0.1) is 0 Å². The van der Waals surface area contributed by atoms with Crippen molar-refractivity contribution in [2.75, 3.05) is 0 Å². The number of aromatic hydroxyl groups is 1. The van der Waals surface area contributed by atoms with Gasteiger partial charge < -0.3 is 10.2 Å². The van der Waals surface area contributed by atoms with Crippen molar-refractivity contribution >= 4 is 5.97 Å². The number of phenols is 1. The highest BCUT2D eigenvalue weighted by molar-refractivity contribution is 5.90. The Bertz CT molecular complexity index is 616. The molecule has 2 aromatic rings. The molecule has 86 valence electrons. The SMILES string of the molecule is O=C(O)c1[nH]nc2c1CCc1ccc(O)cc1-2. The summed E-state index contributed by atoms with van der Waals surface area (Å²) in [5, 5.41) is 25.1. The number of aryl methyl sites for hydroxylation is 1. The Hall–Kier alpha value is -2.30. The Balaban J connectivity index is 2.23. The minimum absolute atomic E-state index is 0.147. The summed E-state index contributed by atoms with van der Waals surface area (Å²) in [4.78, 5) is 11.0. The van der Waals surface area contributed by atoms with Crippen molar-refractivity contribution in [2.45, 2.75) is 12.8 Å². The number of carbonyl (C=O) groups is 1. The Kier molecular flexibility index (Phi) is 1.95. The number of aromatic amines is 1. The van der Waals surface area contributed by atoms with E-state index in [1.54, 1.807) is 12.1 Å². The van der Waals surface area contributed by atoms with Gasteiger partial charge in [-0.05, 0) is 30.5 Å². The molecule has 0 spiro atoms. The lowest BCUT2D eigenvalue weighted by atomic mass is 9.89. The third-order valence-corrected chi connectivity index (χ3v) is 3.07. The number of carboxylic acid groups (broad SMARTS) is 1. The van der Waals surface area contributed by atoms with E-state index in [0.717, 1.165) is 23.1 Å². The van der Waals surface area contributed by atoms with Crippen molar-refractivity contribution in [2.24, 2.45) is 0 Å². The molecule has 3 rings (SSSR count). The molecular weight excluding hydrogens is 220 g/mol. The van der Waals surface area contributed by atoms with E-state index in [1.165, 1.54) is 0 Å². The third-order valence-electron chi connectivity index (χ3n) is 3.07. The van der Waals surface area contributed by atoms with E-state index in [1.807, 2.05) is 6.07 Å².